The van der Waals surface area contributed by atoms with Gasteiger partial charge >= 0.3 is 5.97 Å². The Morgan fingerprint density at radius 3 is 2.71 bits per heavy atom. The number of carboxylic acids is 1. The molecule has 1 heterocycles. The number of aliphatic carboxylic acids is 1. The lowest BCUT2D eigenvalue weighted by molar-refractivity contribution is -0.137. The number of carbonyl (C=O) groups is 1. The standard InChI is InChI=1S/C9H19N3O4S/c1-11(4-3-9(13)14)17(15,16)12-5-2-8(6-10)7-12/h8H,2-7,10H2,1H3,(H,13,14). The van der Waals surface area contributed by atoms with E-state index >= 15 is 0 Å². The second-order valence-corrected chi connectivity index (χ2v) is 6.26. The van der Waals surface area contributed by atoms with E-state index in [1.165, 1.54) is 11.4 Å². The molecule has 1 unspecified atom stereocenters. The first-order valence-electron chi connectivity index (χ1n) is 5.51. The second-order valence-electron chi connectivity index (χ2n) is 4.22. The van der Waals surface area contributed by atoms with Crippen LogP contribution in [0.2, 0.25) is 0 Å². The molecule has 100 valence electrons. The van der Waals surface area contributed by atoms with Crippen LogP contribution in [0.4, 0.5) is 0 Å². The number of nitrogens with zero attached hydrogens (tertiary/aromatic N) is 2. The van der Waals surface area contributed by atoms with Gasteiger partial charge in [-0.25, -0.2) is 0 Å². The van der Waals surface area contributed by atoms with Crippen LogP contribution in [0.15, 0.2) is 0 Å². The smallest absolute Gasteiger partial charge is 0.304 e. The summed E-state index contributed by atoms with van der Waals surface area (Å²) in [6, 6.07) is 0. The van der Waals surface area contributed by atoms with Crippen molar-refractivity contribution in [2.45, 2.75) is 12.8 Å². The minimum Gasteiger partial charge on any atom is -0.481 e. The summed E-state index contributed by atoms with van der Waals surface area (Å²) in [7, 11) is -2.13. The van der Waals surface area contributed by atoms with Gasteiger partial charge in [-0.05, 0) is 18.9 Å². The highest BCUT2D eigenvalue weighted by Crippen LogP contribution is 2.20. The monoisotopic (exact) mass is 265 g/mol. The van der Waals surface area contributed by atoms with Gasteiger partial charge in [-0.15, -0.1) is 0 Å². The fourth-order valence-electron chi connectivity index (χ4n) is 1.76. The Balaban J connectivity index is 2.58. The van der Waals surface area contributed by atoms with E-state index in [1.807, 2.05) is 0 Å². The zero-order valence-corrected chi connectivity index (χ0v) is 10.7. The van der Waals surface area contributed by atoms with Crippen LogP contribution in [0.5, 0.6) is 0 Å². The van der Waals surface area contributed by atoms with Crippen molar-refractivity contribution < 1.29 is 18.3 Å². The number of hydrogen-bond acceptors (Lipinski definition) is 4. The summed E-state index contributed by atoms with van der Waals surface area (Å²) in [6.45, 7) is 1.35. The van der Waals surface area contributed by atoms with Crippen molar-refractivity contribution in [3.63, 3.8) is 0 Å². The fraction of sp³-hybridized carbons (Fsp3) is 0.889. The van der Waals surface area contributed by atoms with Crippen molar-refractivity contribution in [1.82, 2.24) is 8.61 Å². The molecule has 1 atom stereocenters. The van der Waals surface area contributed by atoms with Crippen molar-refractivity contribution in [3.05, 3.63) is 0 Å². The summed E-state index contributed by atoms with van der Waals surface area (Å²) < 4.78 is 26.5. The Labute approximate surface area is 101 Å². The third-order valence-electron chi connectivity index (χ3n) is 2.94. The molecule has 0 aromatic heterocycles. The highest BCUT2D eigenvalue weighted by atomic mass is 32.2. The molecule has 0 aromatic rings. The van der Waals surface area contributed by atoms with Gasteiger partial charge in [0.15, 0.2) is 0 Å². The fourth-order valence-corrected chi connectivity index (χ4v) is 3.22. The van der Waals surface area contributed by atoms with Gasteiger partial charge in [0.1, 0.15) is 0 Å². The molecule has 0 saturated carbocycles. The van der Waals surface area contributed by atoms with Crippen LogP contribution in [0.1, 0.15) is 12.8 Å². The summed E-state index contributed by atoms with van der Waals surface area (Å²) in [5.41, 5.74) is 5.50. The summed E-state index contributed by atoms with van der Waals surface area (Å²) in [6.07, 6.45) is 0.576. The molecule has 0 radical (unpaired) electrons. The first-order chi connectivity index (χ1) is 7.87. The minimum absolute atomic E-state index is 0.0124. The maximum Gasteiger partial charge on any atom is 0.304 e. The van der Waals surface area contributed by atoms with Gasteiger partial charge in [-0.3, -0.25) is 4.79 Å². The van der Waals surface area contributed by atoms with E-state index in [0.717, 1.165) is 10.7 Å². The Kier molecular flexibility index (Phi) is 4.87. The molecule has 7 nitrogen and oxygen atoms in total. The molecule has 0 aliphatic carbocycles. The average Bonchev–Trinajstić information content (AvgIpc) is 2.74. The van der Waals surface area contributed by atoms with Gasteiger partial charge in [0.25, 0.3) is 10.2 Å². The molecule has 0 amide bonds. The van der Waals surface area contributed by atoms with E-state index in [-0.39, 0.29) is 18.9 Å². The summed E-state index contributed by atoms with van der Waals surface area (Å²) >= 11 is 0. The van der Waals surface area contributed by atoms with E-state index in [1.54, 1.807) is 0 Å². The first kappa shape index (κ1) is 14.4. The topological polar surface area (TPSA) is 104 Å². The van der Waals surface area contributed by atoms with Crippen LogP contribution in [0.25, 0.3) is 0 Å². The van der Waals surface area contributed by atoms with E-state index in [2.05, 4.69) is 0 Å². The zero-order chi connectivity index (χ0) is 13.1. The average molecular weight is 265 g/mol. The Hall–Kier alpha value is -0.700. The molecular formula is C9H19N3O4S. The molecule has 1 rings (SSSR count). The molecule has 0 spiro atoms. The second kappa shape index (κ2) is 5.76. The molecule has 17 heavy (non-hydrogen) atoms. The molecule has 8 heteroatoms. The Bertz CT molecular complexity index is 370. The predicted molar refractivity (Wildman–Crippen MR) is 62.5 cm³/mol. The first-order valence-corrected chi connectivity index (χ1v) is 6.91. The lowest BCUT2D eigenvalue weighted by atomic mass is 10.1. The van der Waals surface area contributed by atoms with Crippen molar-refractivity contribution >= 4 is 16.2 Å². The van der Waals surface area contributed by atoms with E-state index in [4.69, 9.17) is 10.8 Å². The van der Waals surface area contributed by atoms with E-state index < -0.39 is 16.2 Å². The number of carboxylic acid groups (broad SMARTS) is 1. The van der Waals surface area contributed by atoms with Gasteiger partial charge in [-0.1, -0.05) is 0 Å². The van der Waals surface area contributed by atoms with Crippen molar-refractivity contribution in [2.75, 3.05) is 33.2 Å². The van der Waals surface area contributed by atoms with Gasteiger partial charge in [0.2, 0.25) is 0 Å². The van der Waals surface area contributed by atoms with Gasteiger partial charge < -0.3 is 10.8 Å². The van der Waals surface area contributed by atoms with Crippen LogP contribution in [0.3, 0.4) is 0 Å². The third-order valence-corrected chi connectivity index (χ3v) is 4.90. The van der Waals surface area contributed by atoms with Crippen LogP contribution in [0, 0.1) is 5.92 Å². The maximum absolute atomic E-state index is 12.0. The van der Waals surface area contributed by atoms with Crippen molar-refractivity contribution in [3.8, 4) is 0 Å². The number of nitrogens with two attached hydrogens (primary N) is 1. The number of hydrogen-bond donors (Lipinski definition) is 2. The molecule has 1 aliphatic heterocycles. The molecular weight excluding hydrogens is 246 g/mol. The highest BCUT2D eigenvalue weighted by molar-refractivity contribution is 7.86. The van der Waals surface area contributed by atoms with E-state index in [9.17, 15) is 13.2 Å². The molecule has 1 aliphatic rings. The molecule has 3 N–H and O–H groups in total. The Morgan fingerprint density at radius 1 is 1.59 bits per heavy atom. The minimum atomic E-state index is -3.53. The van der Waals surface area contributed by atoms with Gasteiger partial charge in [0, 0.05) is 26.7 Å². The SMILES string of the molecule is CN(CCC(=O)O)S(=O)(=O)N1CCC(CN)C1. The highest BCUT2D eigenvalue weighted by Gasteiger charge is 2.33. The predicted octanol–water partition coefficient (Wildman–Crippen LogP) is -1.08. The lowest BCUT2D eigenvalue weighted by Gasteiger charge is -2.23. The molecule has 1 fully saturated rings. The Morgan fingerprint density at radius 2 is 2.24 bits per heavy atom. The van der Waals surface area contributed by atoms with E-state index in [0.29, 0.717) is 19.6 Å². The van der Waals surface area contributed by atoms with Gasteiger partial charge in [0.05, 0.1) is 6.42 Å². The quantitative estimate of drug-likeness (QED) is 0.635. The maximum atomic E-state index is 12.0. The molecule has 0 aromatic carbocycles. The summed E-state index contributed by atoms with van der Waals surface area (Å²) in [4.78, 5) is 10.4. The molecule has 1 saturated heterocycles. The van der Waals surface area contributed by atoms with Crippen molar-refractivity contribution in [1.29, 1.82) is 0 Å². The van der Waals surface area contributed by atoms with Crippen molar-refractivity contribution in [2.24, 2.45) is 11.7 Å². The third kappa shape index (κ3) is 3.63. The van der Waals surface area contributed by atoms with Crippen LogP contribution in [-0.2, 0) is 15.0 Å². The largest absolute Gasteiger partial charge is 0.481 e. The van der Waals surface area contributed by atoms with Crippen LogP contribution < -0.4 is 5.73 Å². The molecule has 0 bridgehead atoms. The normalized spacial score (nSPS) is 22.2. The summed E-state index contributed by atoms with van der Waals surface area (Å²) in [5, 5.41) is 8.52. The zero-order valence-electron chi connectivity index (χ0n) is 9.87. The number of rotatable bonds is 6. The lowest BCUT2D eigenvalue weighted by Crippen LogP contribution is -2.41. The van der Waals surface area contributed by atoms with Crippen LogP contribution in [-0.4, -0.2) is 61.3 Å². The van der Waals surface area contributed by atoms with Gasteiger partial charge in [-0.2, -0.15) is 17.0 Å². The van der Waals surface area contributed by atoms with Crippen LogP contribution >= 0.6 is 0 Å². The summed E-state index contributed by atoms with van der Waals surface area (Å²) in [5.74, 6) is -0.800.